The zero-order valence-electron chi connectivity index (χ0n) is 14.2. The minimum absolute atomic E-state index is 0.216. The Labute approximate surface area is 151 Å². The number of nitrogens with one attached hydrogen (secondary N) is 1. The summed E-state index contributed by atoms with van der Waals surface area (Å²) < 4.78 is 7.18. The van der Waals surface area contributed by atoms with E-state index in [-0.39, 0.29) is 11.6 Å². The van der Waals surface area contributed by atoms with Crippen LogP contribution in [0.1, 0.15) is 15.9 Å². The zero-order chi connectivity index (χ0) is 18.2. The van der Waals surface area contributed by atoms with E-state index < -0.39 is 0 Å². The molecule has 2 aromatic carbocycles. The van der Waals surface area contributed by atoms with Gasteiger partial charge in [-0.25, -0.2) is 9.78 Å². The Hall–Kier alpha value is -3.41. The highest BCUT2D eigenvalue weighted by Crippen LogP contribution is 2.15. The van der Waals surface area contributed by atoms with Crippen molar-refractivity contribution in [2.24, 2.45) is 0 Å². The Morgan fingerprint density at radius 2 is 1.92 bits per heavy atom. The van der Waals surface area contributed by atoms with Gasteiger partial charge in [0.05, 0.1) is 0 Å². The van der Waals surface area contributed by atoms with E-state index in [4.69, 9.17) is 4.74 Å². The van der Waals surface area contributed by atoms with Crippen molar-refractivity contribution in [3.63, 3.8) is 0 Å². The van der Waals surface area contributed by atoms with Crippen LogP contribution in [0.5, 0.6) is 5.75 Å². The molecule has 1 amide bonds. The lowest BCUT2D eigenvalue weighted by atomic mass is 10.2. The standard InChI is InChI=1S/C20H19N3O3/c24-19(21-11-13-23-12-5-10-22-20(23)25)17-8-4-9-18(14-17)26-15-16-6-2-1-3-7-16/h1-10,12,14H,11,13,15H2,(H,21,24). The normalized spacial score (nSPS) is 10.3. The van der Waals surface area contributed by atoms with Gasteiger partial charge in [-0.1, -0.05) is 36.4 Å². The van der Waals surface area contributed by atoms with Crippen LogP contribution in [0.4, 0.5) is 0 Å². The van der Waals surface area contributed by atoms with Gasteiger partial charge in [-0.15, -0.1) is 0 Å². The molecule has 6 heteroatoms. The Bertz CT molecular complexity index is 923. The molecule has 1 N–H and O–H groups in total. The first-order chi connectivity index (χ1) is 12.7. The zero-order valence-corrected chi connectivity index (χ0v) is 14.2. The SMILES string of the molecule is O=C(NCCn1cccnc1=O)c1cccc(OCc2ccccc2)c1. The van der Waals surface area contributed by atoms with Crippen LogP contribution in [0, 0.1) is 0 Å². The lowest BCUT2D eigenvalue weighted by molar-refractivity contribution is 0.0951. The summed E-state index contributed by atoms with van der Waals surface area (Å²) in [4.78, 5) is 27.5. The van der Waals surface area contributed by atoms with Crippen molar-refractivity contribution in [1.82, 2.24) is 14.9 Å². The molecule has 3 aromatic rings. The summed E-state index contributed by atoms with van der Waals surface area (Å²) in [6, 6.07) is 18.5. The Kier molecular flexibility index (Phi) is 5.77. The molecule has 1 heterocycles. The van der Waals surface area contributed by atoms with Crippen LogP contribution < -0.4 is 15.7 Å². The second-order valence-electron chi connectivity index (χ2n) is 5.65. The number of carbonyl (C=O) groups excluding carboxylic acids is 1. The molecule has 1 aromatic heterocycles. The van der Waals surface area contributed by atoms with Crippen LogP contribution in [0.25, 0.3) is 0 Å². The van der Waals surface area contributed by atoms with Crippen molar-refractivity contribution >= 4 is 5.91 Å². The Morgan fingerprint density at radius 1 is 1.08 bits per heavy atom. The minimum atomic E-state index is -0.335. The molecule has 0 saturated heterocycles. The molecule has 6 nitrogen and oxygen atoms in total. The Morgan fingerprint density at radius 3 is 2.73 bits per heavy atom. The lowest BCUT2D eigenvalue weighted by Crippen LogP contribution is -2.31. The van der Waals surface area contributed by atoms with Gasteiger partial charge in [0.15, 0.2) is 0 Å². The largest absolute Gasteiger partial charge is 0.489 e. The number of rotatable bonds is 7. The van der Waals surface area contributed by atoms with Gasteiger partial charge in [-0.3, -0.25) is 9.36 Å². The first-order valence-corrected chi connectivity index (χ1v) is 8.29. The molecule has 0 aliphatic heterocycles. The number of aromatic nitrogens is 2. The van der Waals surface area contributed by atoms with Crippen LogP contribution in [0.15, 0.2) is 77.9 Å². The quantitative estimate of drug-likeness (QED) is 0.710. The number of carbonyl (C=O) groups is 1. The maximum atomic E-state index is 12.3. The molecule has 0 fully saturated rings. The highest BCUT2D eigenvalue weighted by molar-refractivity contribution is 5.94. The number of amides is 1. The van der Waals surface area contributed by atoms with Crippen LogP contribution >= 0.6 is 0 Å². The van der Waals surface area contributed by atoms with Crippen molar-refractivity contribution < 1.29 is 9.53 Å². The minimum Gasteiger partial charge on any atom is -0.489 e. The van der Waals surface area contributed by atoms with E-state index in [2.05, 4.69) is 10.3 Å². The lowest BCUT2D eigenvalue weighted by Gasteiger charge is -2.09. The molecule has 0 saturated carbocycles. The topological polar surface area (TPSA) is 73.2 Å². The molecule has 3 rings (SSSR count). The van der Waals surface area contributed by atoms with E-state index in [0.717, 1.165) is 5.56 Å². The smallest absolute Gasteiger partial charge is 0.347 e. The van der Waals surface area contributed by atoms with E-state index in [1.807, 2.05) is 36.4 Å². The molecule has 26 heavy (non-hydrogen) atoms. The number of benzene rings is 2. The summed E-state index contributed by atoms with van der Waals surface area (Å²) in [7, 11) is 0. The monoisotopic (exact) mass is 349 g/mol. The second-order valence-corrected chi connectivity index (χ2v) is 5.65. The van der Waals surface area contributed by atoms with E-state index in [1.54, 1.807) is 30.5 Å². The van der Waals surface area contributed by atoms with Crippen molar-refractivity contribution in [3.05, 3.63) is 94.7 Å². The molecular weight excluding hydrogens is 330 g/mol. The third kappa shape index (κ3) is 4.80. The average Bonchev–Trinajstić information content (AvgIpc) is 2.69. The highest BCUT2D eigenvalue weighted by Gasteiger charge is 2.07. The first-order valence-electron chi connectivity index (χ1n) is 8.29. The number of nitrogens with zero attached hydrogens (tertiary/aromatic N) is 2. The van der Waals surface area contributed by atoms with Gasteiger partial charge in [0.25, 0.3) is 5.91 Å². The summed E-state index contributed by atoms with van der Waals surface area (Å²) >= 11 is 0. The summed E-state index contributed by atoms with van der Waals surface area (Å²) in [6.45, 7) is 1.14. The average molecular weight is 349 g/mol. The van der Waals surface area contributed by atoms with Gasteiger partial charge in [-0.2, -0.15) is 0 Å². The van der Waals surface area contributed by atoms with Crippen LogP contribution in [0.3, 0.4) is 0 Å². The molecular formula is C20H19N3O3. The van der Waals surface area contributed by atoms with Gasteiger partial charge in [-0.05, 0) is 29.8 Å². The van der Waals surface area contributed by atoms with Crippen molar-refractivity contribution in [2.75, 3.05) is 6.54 Å². The van der Waals surface area contributed by atoms with Gasteiger partial charge in [0.2, 0.25) is 0 Å². The third-order valence-corrected chi connectivity index (χ3v) is 3.77. The molecule has 0 radical (unpaired) electrons. The molecule has 0 spiro atoms. The fourth-order valence-electron chi connectivity index (χ4n) is 2.42. The van der Waals surface area contributed by atoms with E-state index in [0.29, 0.717) is 31.0 Å². The summed E-state index contributed by atoms with van der Waals surface area (Å²) in [5.74, 6) is 0.414. The summed E-state index contributed by atoms with van der Waals surface area (Å²) in [6.07, 6.45) is 3.08. The van der Waals surface area contributed by atoms with E-state index >= 15 is 0 Å². The molecule has 0 aliphatic rings. The Balaban J connectivity index is 1.54. The van der Waals surface area contributed by atoms with Crippen LogP contribution in [-0.2, 0) is 13.2 Å². The van der Waals surface area contributed by atoms with Crippen molar-refractivity contribution in [1.29, 1.82) is 0 Å². The van der Waals surface area contributed by atoms with E-state index in [1.165, 1.54) is 10.8 Å². The molecule has 0 atom stereocenters. The maximum absolute atomic E-state index is 12.3. The summed E-state index contributed by atoms with van der Waals surface area (Å²) in [5, 5.41) is 2.79. The number of ether oxygens (including phenoxy) is 1. The predicted molar refractivity (Wildman–Crippen MR) is 98.0 cm³/mol. The summed E-state index contributed by atoms with van der Waals surface area (Å²) in [5.41, 5.74) is 1.23. The number of hydrogen-bond donors (Lipinski definition) is 1. The van der Waals surface area contributed by atoms with Crippen LogP contribution in [-0.4, -0.2) is 22.0 Å². The van der Waals surface area contributed by atoms with Crippen LogP contribution in [0.2, 0.25) is 0 Å². The van der Waals surface area contributed by atoms with Gasteiger partial charge >= 0.3 is 5.69 Å². The number of hydrogen-bond acceptors (Lipinski definition) is 4. The first kappa shape index (κ1) is 17.4. The second kappa shape index (κ2) is 8.62. The fourth-order valence-corrected chi connectivity index (χ4v) is 2.42. The molecule has 0 unspecified atom stereocenters. The van der Waals surface area contributed by atoms with Gasteiger partial charge in [0, 0.05) is 31.0 Å². The molecule has 0 bridgehead atoms. The van der Waals surface area contributed by atoms with Crippen molar-refractivity contribution in [2.45, 2.75) is 13.2 Å². The maximum Gasteiger partial charge on any atom is 0.347 e. The fraction of sp³-hybridized carbons (Fsp3) is 0.150. The van der Waals surface area contributed by atoms with E-state index in [9.17, 15) is 9.59 Å². The molecule has 0 aliphatic carbocycles. The molecule has 132 valence electrons. The third-order valence-electron chi connectivity index (χ3n) is 3.77. The highest BCUT2D eigenvalue weighted by atomic mass is 16.5. The van der Waals surface area contributed by atoms with Crippen molar-refractivity contribution in [3.8, 4) is 5.75 Å². The predicted octanol–water partition coefficient (Wildman–Crippen LogP) is 2.25. The van der Waals surface area contributed by atoms with Gasteiger partial charge in [0.1, 0.15) is 12.4 Å². The van der Waals surface area contributed by atoms with Gasteiger partial charge < -0.3 is 10.1 Å².